The molecule has 0 spiro atoms. The van der Waals surface area contributed by atoms with E-state index in [1.54, 1.807) is 11.3 Å². The maximum absolute atomic E-state index is 12.9. The van der Waals surface area contributed by atoms with Crippen molar-refractivity contribution in [3.8, 4) is 0 Å². The van der Waals surface area contributed by atoms with Crippen LogP contribution < -0.4 is 15.8 Å². The van der Waals surface area contributed by atoms with Crippen molar-refractivity contribution in [1.82, 2.24) is 9.55 Å². The lowest BCUT2D eigenvalue weighted by atomic mass is 10.1. The van der Waals surface area contributed by atoms with E-state index in [-0.39, 0.29) is 18.0 Å². The highest BCUT2D eigenvalue weighted by molar-refractivity contribution is 7.18. The number of aryl methyl sites for hydroxylation is 2. The van der Waals surface area contributed by atoms with E-state index >= 15 is 0 Å². The Kier molecular flexibility index (Phi) is 4.83. The summed E-state index contributed by atoms with van der Waals surface area (Å²) in [6.07, 6.45) is 8.33. The standard InChI is InChI=1S/C22H24N4O2S/c27-19(24-15-7-9-16(10-8-15)25-11-2-1-3-12-25)13-26-14-23-21-20(22(26)28)17-5-4-6-18(17)29-21/h7-10,14H,1-6,11-13H2,(H,24,27). The Morgan fingerprint density at radius 3 is 2.66 bits per heavy atom. The molecule has 1 amide bonds. The van der Waals surface area contributed by atoms with Crippen molar-refractivity contribution in [2.45, 2.75) is 45.1 Å². The van der Waals surface area contributed by atoms with Gasteiger partial charge in [-0.15, -0.1) is 11.3 Å². The van der Waals surface area contributed by atoms with Crippen molar-refractivity contribution in [2.75, 3.05) is 23.3 Å². The topological polar surface area (TPSA) is 67.2 Å². The molecule has 0 atom stereocenters. The molecule has 6 nitrogen and oxygen atoms in total. The van der Waals surface area contributed by atoms with E-state index < -0.39 is 0 Å². The van der Waals surface area contributed by atoms with Crippen molar-refractivity contribution < 1.29 is 4.79 Å². The maximum Gasteiger partial charge on any atom is 0.262 e. The van der Waals surface area contributed by atoms with Gasteiger partial charge >= 0.3 is 0 Å². The highest BCUT2D eigenvalue weighted by Crippen LogP contribution is 2.34. The molecule has 3 aromatic rings. The van der Waals surface area contributed by atoms with E-state index in [9.17, 15) is 9.59 Å². The van der Waals surface area contributed by atoms with Crippen LogP contribution in [0.5, 0.6) is 0 Å². The van der Waals surface area contributed by atoms with Crippen LogP contribution in [0.4, 0.5) is 11.4 Å². The van der Waals surface area contributed by atoms with Crippen LogP contribution in [-0.2, 0) is 24.2 Å². The highest BCUT2D eigenvalue weighted by atomic mass is 32.1. The first kappa shape index (κ1) is 18.4. The third kappa shape index (κ3) is 3.55. The molecule has 29 heavy (non-hydrogen) atoms. The van der Waals surface area contributed by atoms with Gasteiger partial charge in [-0.2, -0.15) is 0 Å². The minimum atomic E-state index is -0.217. The predicted octanol–water partition coefficient (Wildman–Crippen LogP) is 3.58. The maximum atomic E-state index is 12.9. The molecule has 2 aliphatic rings. The molecule has 1 fully saturated rings. The molecule has 1 aromatic carbocycles. The minimum absolute atomic E-state index is 0.0275. The first-order valence-electron chi connectivity index (χ1n) is 10.3. The van der Waals surface area contributed by atoms with E-state index in [0.717, 1.165) is 48.4 Å². The first-order valence-corrected chi connectivity index (χ1v) is 11.2. The molecule has 3 heterocycles. The molecule has 5 rings (SSSR count). The lowest BCUT2D eigenvalue weighted by molar-refractivity contribution is -0.116. The zero-order valence-corrected chi connectivity index (χ0v) is 17.1. The van der Waals surface area contributed by atoms with Crippen LogP contribution in [0.2, 0.25) is 0 Å². The number of carbonyl (C=O) groups excluding carboxylic acids is 1. The van der Waals surface area contributed by atoms with Gasteiger partial charge in [0, 0.05) is 29.3 Å². The van der Waals surface area contributed by atoms with Crippen LogP contribution in [0, 0.1) is 0 Å². The monoisotopic (exact) mass is 408 g/mol. The molecule has 0 saturated carbocycles. The summed E-state index contributed by atoms with van der Waals surface area (Å²) >= 11 is 1.61. The summed E-state index contributed by atoms with van der Waals surface area (Å²) in [4.78, 5) is 34.3. The summed E-state index contributed by atoms with van der Waals surface area (Å²) in [6, 6.07) is 7.96. The number of anilines is 2. The Labute approximate surface area is 173 Å². The molecule has 1 aliphatic heterocycles. The number of thiophene rings is 1. The molecule has 150 valence electrons. The number of hydrogen-bond donors (Lipinski definition) is 1. The van der Waals surface area contributed by atoms with Crippen molar-refractivity contribution in [3.63, 3.8) is 0 Å². The zero-order valence-electron chi connectivity index (χ0n) is 16.3. The molecule has 1 saturated heterocycles. The van der Waals surface area contributed by atoms with Crippen LogP contribution in [0.25, 0.3) is 10.2 Å². The van der Waals surface area contributed by atoms with Crippen LogP contribution in [-0.4, -0.2) is 28.5 Å². The molecule has 0 radical (unpaired) electrons. The summed E-state index contributed by atoms with van der Waals surface area (Å²) in [5, 5.41) is 3.61. The van der Waals surface area contributed by atoms with Crippen LogP contribution in [0.3, 0.4) is 0 Å². The number of benzene rings is 1. The van der Waals surface area contributed by atoms with E-state index in [2.05, 4.69) is 27.3 Å². The summed E-state index contributed by atoms with van der Waals surface area (Å²) in [7, 11) is 0. The van der Waals surface area contributed by atoms with Crippen molar-refractivity contribution in [1.29, 1.82) is 0 Å². The third-order valence-corrected chi connectivity index (χ3v) is 7.08. The Bertz CT molecular complexity index is 1110. The summed E-state index contributed by atoms with van der Waals surface area (Å²) in [5.41, 5.74) is 2.98. The van der Waals surface area contributed by atoms with Crippen LogP contribution in [0.15, 0.2) is 35.4 Å². The summed E-state index contributed by atoms with van der Waals surface area (Å²) in [5.74, 6) is -0.217. The number of hydrogen-bond acceptors (Lipinski definition) is 5. The number of aromatic nitrogens is 2. The number of rotatable bonds is 4. The minimum Gasteiger partial charge on any atom is -0.372 e. The van der Waals surface area contributed by atoms with E-state index in [0.29, 0.717) is 5.39 Å². The van der Waals surface area contributed by atoms with Crippen molar-refractivity contribution >= 4 is 38.8 Å². The fraction of sp³-hybridized carbons (Fsp3) is 0.409. The van der Waals surface area contributed by atoms with Crippen LogP contribution in [0.1, 0.15) is 36.1 Å². The van der Waals surface area contributed by atoms with Gasteiger partial charge in [0.2, 0.25) is 5.91 Å². The fourth-order valence-electron chi connectivity index (χ4n) is 4.40. The molecule has 1 N–H and O–H groups in total. The van der Waals surface area contributed by atoms with Crippen molar-refractivity contribution in [2.24, 2.45) is 0 Å². The lowest BCUT2D eigenvalue weighted by Gasteiger charge is -2.28. The second-order valence-electron chi connectivity index (χ2n) is 7.86. The predicted molar refractivity (Wildman–Crippen MR) is 117 cm³/mol. The number of piperidine rings is 1. The first-order chi connectivity index (χ1) is 14.2. The Morgan fingerprint density at radius 2 is 1.86 bits per heavy atom. The number of nitrogens with one attached hydrogen (secondary N) is 1. The Hall–Kier alpha value is -2.67. The second-order valence-corrected chi connectivity index (χ2v) is 8.94. The van der Waals surface area contributed by atoms with Crippen LogP contribution >= 0.6 is 11.3 Å². The average Bonchev–Trinajstić information content (AvgIpc) is 3.32. The summed E-state index contributed by atoms with van der Waals surface area (Å²) < 4.78 is 1.42. The third-order valence-electron chi connectivity index (χ3n) is 5.88. The zero-order chi connectivity index (χ0) is 19.8. The molecular weight excluding hydrogens is 384 g/mol. The van der Waals surface area contributed by atoms with Gasteiger partial charge in [-0.25, -0.2) is 4.98 Å². The van der Waals surface area contributed by atoms with Gasteiger partial charge in [-0.1, -0.05) is 0 Å². The normalized spacial score (nSPS) is 16.2. The molecule has 2 aromatic heterocycles. The molecule has 0 bridgehead atoms. The largest absolute Gasteiger partial charge is 0.372 e. The van der Waals surface area contributed by atoms with Gasteiger partial charge in [0.15, 0.2) is 0 Å². The Morgan fingerprint density at radius 1 is 1.07 bits per heavy atom. The van der Waals surface area contributed by atoms with E-state index in [4.69, 9.17) is 0 Å². The van der Waals surface area contributed by atoms with Gasteiger partial charge < -0.3 is 10.2 Å². The SMILES string of the molecule is O=C(Cn1cnc2sc3c(c2c1=O)CCC3)Nc1ccc(N2CCCCC2)cc1. The second kappa shape index (κ2) is 7.63. The van der Waals surface area contributed by atoms with Gasteiger partial charge in [-0.05, 0) is 68.4 Å². The van der Waals surface area contributed by atoms with E-state index in [1.165, 1.54) is 40.7 Å². The van der Waals surface area contributed by atoms with Gasteiger partial charge in [0.1, 0.15) is 11.4 Å². The van der Waals surface area contributed by atoms with Crippen molar-refractivity contribution in [3.05, 3.63) is 51.4 Å². The highest BCUT2D eigenvalue weighted by Gasteiger charge is 2.21. The van der Waals surface area contributed by atoms with Gasteiger partial charge in [-0.3, -0.25) is 14.2 Å². The number of nitrogens with zero attached hydrogens (tertiary/aromatic N) is 3. The van der Waals surface area contributed by atoms with Gasteiger partial charge in [0.05, 0.1) is 11.7 Å². The number of fused-ring (bicyclic) bond motifs is 3. The Balaban J connectivity index is 1.29. The van der Waals surface area contributed by atoms with Gasteiger partial charge in [0.25, 0.3) is 5.56 Å². The van der Waals surface area contributed by atoms with E-state index in [1.807, 2.05) is 12.1 Å². The quantitative estimate of drug-likeness (QED) is 0.717. The number of carbonyl (C=O) groups is 1. The average molecular weight is 409 g/mol. The summed E-state index contributed by atoms with van der Waals surface area (Å²) in [6.45, 7) is 2.16. The number of amides is 1. The smallest absolute Gasteiger partial charge is 0.262 e. The molecular formula is C22H24N4O2S. The molecule has 7 heteroatoms. The molecule has 1 aliphatic carbocycles. The lowest BCUT2D eigenvalue weighted by Crippen LogP contribution is -2.29. The fourth-order valence-corrected chi connectivity index (χ4v) is 5.61. The molecule has 0 unspecified atom stereocenters.